The fourth-order valence-electron chi connectivity index (χ4n) is 5.56. The van der Waals surface area contributed by atoms with Gasteiger partial charge in [-0.1, -0.05) is 0 Å². The summed E-state index contributed by atoms with van der Waals surface area (Å²) in [5.74, 6) is 0. The van der Waals surface area contributed by atoms with Crippen molar-refractivity contribution < 1.29 is 9.47 Å². The van der Waals surface area contributed by atoms with Crippen molar-refractivity contribution in [1.29, 1.82) is 5.26 Å². The number of nitriles is 1. The molecule has 0 amide bonds. The van der Waals surface area contributed by atoms with Crippen LogP contribution in [0.4, 0.5) is 5.69 Å². The van der Waals surface area contributed by atoms with E-state index in [1.54, 1.807) is 6.20 Å². The zero-order chi connectivity index (χ0) is 21.9. The number of hydrogen-bond donors (Lipinski definition) is 0. The molecule has 1 aromatic heterocycles. The molecule has 0 bridgehead atoms. The van der Waals surface area contributed by atoms with Crippen molar-refractivity contribution in [3.63, 3.8) is 0 Å². The van der Waals surface area contributed by atoms with E-state index in [2.05, 4.69) is 44.8 Å². The smallest absolute Gasteiger partial charge is 0.101 e. The fraction of sp³-hybridized carbons (Fsp3) is 0.600. The summed E-state index contributed by atoms with van der Waals surface area (Å²) in [7, 11) is 0. The highest BCUT2D eigenvalue weighted by Crippen LogP contribution is 2.30. The van der Waals surface area contributed by atoms with E-state index in [1.807, 2.05) is 12.1 Å². The molecule has 3 aliphatic rings. The summed E-state index contributed by atoms with van der Waals surface area (Å²) in [4.78, 5) is 12.1. The van der Waals surface area contributed by atoms with Crippen LogP contribution in [-0.2, 0) is 9.47 Å². The summed E-state index contributed by atoms with van der Waals surface area (Å²) < 4.78 is 11.9. The summed E-state index contributed by atoms with van der Waals surface area (Å²) in [6, 6.07) is 11.0. The van der Waals surface area contributed by atoms with Crippen LogP contribution >= 0.6 is 0 Å². The number of aromatic nitrogens is 1. The maximum absolute atomic E-state index is 9.47. The first-order valence-electron chi connectivity index (χ1n) is 11.9. The topological polar surface area (TPSA) is 64.9 Å². The molecule has 32 heavy (non-hydrogen) atoms. The number of nitrogens with zero attached hydrogens (tertiary/aromatic N) is 5. The van der Waals surface area contributed by atoms with Gasteiger partial charge < -0.3 is 19.3 Å². The number of fused-ring (bicyclic) bond motifs is 1. The van der Waals surface area contributed by atoms with Gasteiger partial charge >= 0.3 is 0 Å². The second-order valence-corrected chi connectivity index (χ2v) is 9.30. The Bertz CT molecular complexity index is 962. The molecule has 0 unspecified atom stereocenters. The van der Waals surface area contributed by atoms with Crippen LogP contribution in [0.5, 0.6) is 0 Å². The zero-order valence-electron chi connectivity index (χ0n) is 18.9. The van der Waals surface area contributed by atoms with Gasteiger partial charge in [-0.3, -0.25) is 9.88 Å². The van der Waals surface area contributed by atoms with Crippen LogP contribution in [0.1, 0.15) is 25.3 Å². The normalized spacial score (nSPS) is 26.3. The summed E-state index contributed by atoms with van der Waals surface area (Å²) in [5.41, 5.74) is 2.57. The van der Waals surface area contributed by atoms with Gasteiger partial charge in [0.15, 0.2) is 0 Å². The van der Waals surface area contributed by atoms with Crippen LogP contribution in [0.15, 0.2) is 30.5 Å². The van der Waals surface area contributed by atoms with Gasteiger partial charge in [-0.2, -0.15) is 5.26 Å². The van der Waals surface area contributed by atoms with Crippen molar-refractivity contribution in [2.75, 3.05) is 63.9 Å². The number of pyridine rings is 1. The molecule has 170 valence electrons. The minimum atomic E-state index is 0.169. The average Bonchev–Trinajstić information content (AvgIpc) is 2.84. The van der Waals surface area contributed by atoms with Crippen molar-refractivity contribution in [1.82, 2.24) is 14.8 Å². The number of rotatable bonds is 4. The lowest BCUT2D eigenvalue weighted by molar-refractivity contribution is -0.0418. The maximum Gasteiger partial charge on any atom is 0.101 e. The van der Waals surface area contributed by atoms with Crippen LogP contribution in [0.25, 0.3) is 10.9 Å². The van der Waals surface area contributed by atoms with Crippen molar-refractivity contribution >= 4 is 16.6 Å². The van der Waals surface area contributed by atoms with Crippen molar-refractivity contribution in [3.8, 4) is 6.07 Å². The summed E-state index contributed by atoms with van der Waals surface area (Å²) in [6.45, 7) is 11.0. The standard InChI is InChI=1S/C25H33N5O2/c1-19-16-30(24-5-4-20(15-26)25-23(24)3-2-8-27-25)18-22(32-19)17-28-9-6-21(7-10-28)29-11-13-31-14-12-29/h2-5,8,19,21-22H,6-7,9-14,16-18H2,1H3/t19-,22+/m0/s1. The molecule has 0 spiro atoms. The summed E-state index contributed by atoms with van der Waals surface area (Å²) in [5, 5.41) is 10.5. The Morgan fingerprint density at radius 2 is 1.91 bits per heavy atom. The Hall–Kier alpha value is -2.24. The molecule has 0 radical (unpaired) electrons. The fourth-order valence-corrected chi connectivity index (χ4v) is 5.56. The van der Waals surface area contributed by atoms with E-state index in [1.165, 1.54) is 12.8 Å². The molecule has 3 aliphatic heterocycles. The number of hydrogen-bond acceptors (Lipinski definition) is 7. The van der Waals surface area contributed by atoms with E-state index in [0.29, 0.717) is 11.6 Å². The third-order valence-electron chi connectivity index (χ3n) is 7.12. The molecule has 1 aromatic carbocycles. The summed E-state index contributed by atoms with van der Waals surface area (Å²) >= 11 is 0. The van der Waals surface area contributed by atoms with Crippen LogP contribution in [0, 0.1) is 11.3 Å². The quantitative estimate of drug-likeness (QED) is 0.731. The first-order valence-corrected chi connectivity index (χ1v) is 11.9. The molecule has 2 aromatic rings. The number of ether oxygens (including phenoxy) is 2. The van der Waals surface area contributed by atoms with Gasteiger partial charge in [0.25, 0.3) is 0 Å². The molecule has 5 rings (SSSR count). The van der Waals surface area contributed by atoms with Gasteiger partial charge in [0.1, 0.15) is 6.07 Å². The number of benzene rings is 1. The molecule has 2 atom stereocenters. The highest BCUT2D eigenvalue weighted by molar-refractivity contribution is 5.95. The highest BCUT2D eigenvalue weighted by Gasteiger charge is 2.31. The van der Waals surface area contributed by atoms with Gasteiger partial charge in [0, 0.05) is 56.0 Å². The van der Waals surface area contributed by atoms with E-state index in [9.17, 15) is 5.26 Å². The Morgan fingerprint density at radius 1 is 1.09 bits per heavy atom. The zero-order valence-corrected chi connectivity index (χ0v) is 18.9. The molecule has 3 saturated heterocycles. The van der Waals surface area contributed by atoms with Gasteiger partial charge in [0.2, 0.25) is 0 Å². The Morgan fingerprint density at radius 3 is 2.69 bits per heavy atom. The monoisotopic (exact) mass is 435 g/mol. The molecular weight excluding hydrogens is 402 g/mol. The molecule has 7 heteroatoms. The Labute approximate surface area is 190 Å². The van der Waals surface area contributed by atoms with E-state index < -0.39 is 0 Å². The molecule has 0 saturated carbocycles. The largest absolute Gasteiger partial charge is 0.379 e. The highest BCUT2D eigenvalue weighted by atomic mass is 16.5. The molecular formula is C25H33N5O2. The SMILES string of the molecule is C[C@H]1CN(c2ccc(C#N)c3ncccc23)C[C@@H](CN2CCC(N3CCOCC3)CC2)O1. The van der Waals surface area contributed by atoms with E-state index in [4.69, 9.17) is 9.47 Å². The number of likely N-dealkylation sites (tertiary alicyclic amines) is 1. The van der Waals surface area contributed by atoms with Gasteiger partial charge in [0.05, 0.1) is 36.5 Å². The van der Waals surface area contributed by atoms with Crippen LogP contribution in [0.3, 0.4) is 0 Å². The van der Waals surface area contributed by atoms with E-state index in [-0.39, 0.29) is 12.2 Å². The third kappa shape index (κ3) is 4.60. The first kappa shape index (κ1) is 21.6. The van der Waals surface area contributed by atoms with Gasteiger partial charge in [-0.05, 0) is 57.1 Å². The predicted octanol–water partition coefficient (Wildman–Crippen LogP) is 2.50. The third-order valence-corrected chi connectivity index (χ3v) is 7.12. The maximum atomic E-state index is 9.47. The lowest BCUT2D eigenvalue weighted by Gasteiger charge is -2.43. The molecule has 3 fully saturated rings. The van der Waals surface area contributed by atoms with Crippen LogP contribution < -0.4 is 4.90 Å². The van der Waals surface area contributed by atoms with Crippen LogP contribution in [0.2, 0.25) is 0 Å². The van der Waals surface area contributed by atoms with Crippen molar-refractivity contribution in [2.24, 2.45) is 0 Å². The molecule has 4 heterocycles. The van der Waals surface area contributed by atoms with Crippen molar-refractivity contribution in [2.45, 2.75) is 38.0 Å². The van der Waals surface area contributed by atoms with Crippen molar-refractivity contribution in [3.05, 3.63) is 36.0 Å². The molecule has 7 nitrogen and oxygen atoms in total. The minimum absolute atomic E-state index is 0.169. The number of piperidine rings is 1. The Balaban J connectivity index is 1.24. The van der Waals surface area contributed by atoms with Crippen LogP contribution in [-0.4, -0.2) is 92.1 Å². The lowest BCUT2D eigenvalue weighted by Crippen LogP contribution is -2.53. The second kappa shape index (κ2) is 9.72. The van der Waals surface area contributed by atoms with E-state index >= 15 is 0 Å². The summed E-state index contributed by atoms with van der Waals surface area (Å²) in [6.07, 6.45) is 4.58. The van der Waals surface area contributed by atoms with E-state index in [0.717, 1.165) is 75.6 Å². The van der Waals surface area contributed by atoms with Gasteiger partial charge in [-0.25, -0.2) is 0 Å². The lowest BCUT2D eigenvalue weighted by atomic mass is 10.0. The minimum Gasteiger partial charge on any atom is -0.379 e. The number of anilines is 1. The molecule has 0 aliphatic carbocycles. The average molecular weight is 436 g/mol. The second-order valence-electron chi connectivity index (χ2n) is 9.30. The first-order chi connectivity index (χ1) is 15.7. The molecule has 0 N–H and O–H groups in total. The number of morpholine rings is 2. The van der Waals surface area contributed by atoms with Gasteiger partial charge in [-0.15, -0.1) is 0 Å². The Kier molecular flexibility index (Phi) is 6.56. The predicted molar refractivity (Wildman–Crippen MR) is 125 cm³/mol.